The third kappa shape index (κ3) is 2.05. The Morgan fingerprint density at radius 3 is 2.79 bits per heavy atom. The van der Waals surface area contributed by atoms with E-state index in [2.05, 4.69) is 4.98 Å². The summed E-state index contributed by atoms with van der Waals surface area (Å²) in [7, 11) is 0. The molecule has 0 fully saturated rings. The van der Waals surface area contributed by atoms with Crippen LogP contribution in [0.5, 0.6) is 0 Å². The van der Waals surface area contributed by atoms with E-state index in [1.807, 2.05) is 35.8 Å². The highest BCUT2D eigenvalue weighted by Gasteiger charge is 2.10. The molecule has 0 bridgehead atoms. The minimum absolute atomic E-state index is 0.226. The maximum Gasteiger partial charge on any atom is 0.201 e. The Bertz CT molecular complexity index is 746. The Hall–Kier alpha value is -2.36. The summed E-state index contributed by atoms with van der Waals surface area (Å²) in [6.45, 7) is 2.40. The number of nitrogen functional groups attached to an aromatic ring is 1. The minimum atomic E-state index is -0.226. The van der Waals surface area contributed by atoms with Crippen molar-refractivity contribution in [3.05, 3.63) is 59.4 Å². The molecular formula is C15H14FN3. The second-order valence-corrected chi connectivity index (χ2v) is 4.64. The summed E-state index contributed by atoms with van der Waals surface area (Å²) in [5, 5.41) is 0. The highest BCUT2D eigenvalue weighted by Crippen LogP contribution is 2.21. The molecule has 0 radical (unpaired) electrons. The van der Waals surface area contributed by atoms with Gasteiger partial charge in [0.05, 0.1) is 17.6 Å². The molecule has 0 aliphatic heterocycles. The maximum absolute atomic E-state index is 13.7. The topological polar surface area (TPSA) is 43.8 Å². The van der Waals surface area contributed by atoms with E-state index < -0.39 is 0 Å². The lowest BCUT2D eigenvalue weighted by Crippen LogP contribution is -2.06. The largest absolute Gasteiger partial charge is 0.369 e. The van der Waals surface area contributed by atoms with Crippen LogP contribution in [0.25, 0.3) is 11.0 Å². The zero-order valence-electron chi connectivity index (χ0n) is 10.6. The molecular weight excluding hydrogens is 241 g/mol. The molecule has 0 saturated heterocycles. The Kier molecular flexibility index (Phi) is 2.71. The number of aromatic nitrogens is 2. The maximum atomic E-state index is 13.7. The van der Waals surface area contributed by atoms with Crippen molar-refractivity contribution in [1.29, 1.82) is 0 Å². The summed E-state index contributed by atoms with van der Waals surface area (Å²) in [5.74, 6) is 0.181. The highest BCUT2D eigenvalue weighted by atomic mass is 19.1. The van der Waals surface area contributed by atoms with Gasteiger partial charge in [-0.3, -0.25) is 0 Å². The van der Waals surface area contributed by atoms with Crippen molar-refractivity contribution in [2.24, 2.45) is 0 Å². The van der Waals surface area contributed by atoms with E-state index in [0.717, 1.165) is 16.6 Å². The molecule has 0 spiro atoms. The van der Waals surface area contributed by atoms with Gasteiger partial charge in [-0.15, -0.1) is 0 Å². The standard InChI is InChI=1S/C15H14FN3/c1-10-6-7-13-14(8-10)19(15(17)18-13)9-11-4-2-3-5-12(11)16/h2-8H,9H2,1H3,(H2,17,18). The normalized spacial score (nSPS) is 11.1. The van der Waals surface area contributed by atoms with Gasteiger partial charge >= 0.3 is 0 Å². The predicted octanol–water partition coefficient (Wildman–Crippen LogP) is 3.11. The van der Waals surface area contributed by atoms with Crippen LogP contribution < -0.4 is 5.73 Å². The SMILES string of the molecule is Cc1ccc2nc(N)n(Cc3ccccc3F)c2c1. The molecule has 3 nitrogen and oxygen atoms in total. The Morgan fingerprint density at radius 2 is 2.00 bits per heavy atom. The van der Waals surface area contributed by atoms with Crippen LogP contribution in [0.4, 0.5) is 10.3 Å². The van der Waals surface area contributed by atoms with Crippen LogP contribution in [0.1, 0.15) is 11.1 Å². The number of benzene rings is 2. The molecule has 0 saturated carbocycles. The number of imidazole rings is 1. The predicted molar refractivity (Wildman–Crippen MR) is 74.4 cm³/mol. The van der Waals surface area contributed by atoms with Crippen LogP contribution in [0.15, 0.2) is 42.5 Å². The number of anilines is 1. The molecule has 0 atom stereocenters. The van der Waals surface area contributed by atoms with E-state index >= 15 is 0 Å². The number of hydrogen-bond donors (Lipinski definition) is 1. The molecule has 0 aliphatic rings. The van der Waals surface area contributed by atoms with E-state index in [9.17, 15) is 4.39 Å². The van der Waals surface area contributed by atoms with Gasteiger partial charge in [-0.2, -0.15) is 0 Å². The summed E-state index contributed by atoms with van der Waals surface area (Å²) in [5.41, 5.74) is 9.43. The van der Waals surface area contributed by atoms with Crippen molar-refractivity contribution in [3.63, 3.8) is 0 Å². The Morgan fingerprint density at radius 1 is 1.21 bits per heavy atom. The Balaban J connectivity index is 2.12. The monoisotopic (exact) mass is 255 g/mol. The average molecular weight is 255 g/mol. The number of rotatable bonds is 2. The molecule has 2 N–H and O–H groups in total. The fraction of sp³-hybridized carbons (Fsp3) is 0.133. The molecule has 96 valence electrons. The van der Waals surface area contributed by atoms with Crippen LogP contribution in [-0.4, -0.2) is 9.55 Å². The van der Waals surface area contributed by atoms with E-state index in [1.165, 1.54) is 6.07 Å². The molecule has 0 aliphatic carbocycles. The first-order chi connectivity index (χ1) is 9.15. The van der Waals surface area contributed by atoms with Gasteiger partial charge in [0.1, 0.15) is 5.82 Å². The van der Waals surface area contributed by atoms with Crippen molar-refractivity contribution < 1.29 is 4.39 Å². The van der Waals surface area contributed by atoms with Crippen LogP contribution in [0, 0.1) is 12.7 Å². The summed E-state index contributed by atoms with van der Waals surface area (Å²) in [6.07, 6.45) is 0. The molecule has 4 heteroatoms. The highest BCUT2D eigenvalue weighted by molar-refractivity contribution is 5.79. The third-order valence-electron chi connectivity index (χ3n) is 3.22. The lowest BCUT2D eigenvalue weighted by Gasteiger charge is -2.07. The lowest BCUT2D eigenvalue weighted by molar-refractivity contribution is 0.602. The molecule has 1 aromatic heterocycles. The van der Waals surface area contributed by atoms with Gasteiger partial charge in [-0.1, -0.05) is 24.3 Å². The number of halogens is 1. The van der Waals surface area contributed by atoms with Gasteiger partial charge in [0.15, 0.2) is 0 Å². The van der Waals surface area contributed by atoms with Gasteiger partial charge in [-0.05, 0) is 30.7 Å². The summed E-state index contributed by atoms with van der Waals surface area (Å²) in [6, 6.07) is 12.6. The molecule has 19 heavy (non-hydrogen) atoms. The Labute approximate surface area is 110 Å². The van der Waals surface area contributed by atoms with Crippen LogP contribution in [0.3, 0.4) is 0 Å². The van der Waals surface area contributed by atoms with Crippen molar-refractivity contribution >= 4 is 17.0 Å². The summed E-state index contributed by atoms with van der Waals surface area (Å²) < 4.78 is 15.6. The van der Waals surface area contributed by atoms with Crippen molar-refractivity contribution in [1.82, 2.24) is 9.55 Å². The van der Waals surface area contributed by atoms with E-state index in [0.29, 0.717) is 18.1 Å². The van der Waals surface area contributed by atoms with Gasteiger partial charge in [0.2, 0.25) is 5.95 Å². The molecule has 3 rings (SSSR count). The van der Waals surface area contributed by atoms with Gasteiger partial charge in [-0.25, -0.2) is 9.37 Å². The summed E-state index contributed by atoms with van der Waals surface area (Å²) >= 11 is 0. The molecule has 0 amide bonds. The number of fused-ring (bicyclic) bond motifs is 1. The van der Waals surface area contributed by atoms with Gasteiger partial charge in [0.25, 0.3) is 0 Å². The van der Waals surface area contributed by atoms with Crippen LogP contribution in [-0.2, 0) is 6.54 Å². The van der Waals surface area contributed by atoms with Crippen LogP contribution in [0.2, 0.25) is 0 Å². The zero-order valence-corrected chi connectivity index (χ0v) is 10.6. The van der Waals surface area contributed by atoms with Crippen LogP contribution >= 0.6 is 0 Å². The van der Waals surface area contributed by atoms with Crippen molar-refractivity contribution in [2.45, 2.75) is 13.5 Å². The third-order valence-corrected chi connectivity index (χ3v) is 3.22. The van der Waals surface area contributed by atoms with E-state index in [1.54, 1.807) is 12.1 Å². The van der Waals surface area contributed by atoms with Gasteiger partial charge < -0.3 is 10.3 Å². The van der Waals surface area contributed by atoms with Gasteiger partial charge in [0, 0.05) is 5.56 Å². The molecule has 2 aromatic carbocycles. The molecule has 3 aromatic rings. The average Bonchev–Trinajstić information content (AvgIpc) is 2.69. The molecule has 1 heterocycles. The molecule has 0 unspecified atom stereocenters. The first-order valence-corrected chi connectivity index (χ1v) is 6.11. The number of hydrogen-bond acceptors (Lipinski definition) is 2. The fourth-order valence-corrected chi connectivity index (χ4v) is 2.21. The fourth-order valence-electron chi connectivity index (χ4n) is 2.21. The first kappa shape index (κ1) is 11.7. The second kappa shape index (κ2) is 4.39. The number of nitrogens with two attached hydrogens (primary N) is 1. The summed E-state index contributed by atoms with van der Waals surface area (Å²) in [4.78, 5) is 4.30. The smallest absolute Gasteiger partial charge is 0.201 e. The zero-order chi connectivity index (χ0) is 13.4. The number of nitrogens with zero attached hydrogens (tertiary/aromatic N) is 2. The van der Waals surface area contributed by atoms with Crippen molar-refractivity contribution in [3.8, 4) is 0 Å². The van der Waals surface area contributed by atoms with E-state index in [4.69, 9.17) is 5.73 Å². The van der Waals surface area contributed by atoms with Crippen molar-refractivity contribution in [2.75, 3.05) is 5.73 Å². The lowest BCUT2D eigenvalue weighted by atomic mass is 10.2. The van der Waals surface area contributed by atoms with E-state index in [-0.39, 0.29) is 5.82 Å². The number of aryl methyl sites for hydroxylation is 1. The second-order valence-electron chi connectivity index (χ2n) is 4.64. The quantitative estimate of drug-likeness (QED) is 0.764. The minimum Gasteiger partial charge on any atom is -0.369 e. The first-order valence-electron chi connectivity index (χ1n) is 6.11.